The first kappa shape index (κ1) is 19.9. The van der Waals surface area contributed by atoms with E-state index in [1.54, 1.807) is 55.8 Å². The first-order chi connectivity index (χ1) is 14.0. The summed E-state index contributed by atoms with van der Waals surface area (Å²) >= 11 is 0. The van der Waals surface area contributed by atoms with Crippen LogP contribution in [-0.4, -0.2) is 35.7 Å². The van der Waals surface area contributed by atoms with E-state index in [9.17, 15) is 9.59 Å². The Kier molecular flexibility index (Phi) is 6.09. The number of aromatic carboxylic acids is 1. The molecule has 0 atom stereocenters. The molecule has 0 aliphatic heterocycles. The summed E-state index contributed by atoms with van der Waals surface area (Å²) in [5.41, 5.74) is 1.58. The predicted octanol–water partition coefficient (Wildman–Crippen LogP) is 4.17. The number of hydrogen-bond acceptors (Lipinski definition) is 5. The van der Waals surface area contributed by atoms with Crippen LogP contribution < -0.4 is 14.4 Å². The molecule has 148 valence electrons. The third-order valence-corrected chi connectivity index (χ3v) is 4.19. The van der Waals surface area contributed by atoms with Gasteiger partial charge < -0.3 is 14.6 Å². The van der Waals surface area contributed by atoms with Crippen molar-refractivity contribution in [3.05, 3.63) is 78.1 Å². The number of methoxy groups -OCH3 is 1. The largest absolute Gasteiger partial charge is 0.493 e. The number of nitrogens with zero attached hydrogens (tertiary/aromatic N) is 2. The van der Waals surface area contributed by atoms with Crippen molar-refractivity contribution in [1.82, 2.24) is 4.98 Å². The SMILES string of the molecule is CCOc1cc(N(C(=O)c2cccnc2)c2ccc(C(=O)O)cc2)ccc1OC. The molecule has 1 amide bonds. The number of anilines is 2. The normalized spacial score (nSPS) is 10.3. The van der Waals surface area contributed by atoms with E-state index in [1.807, 2.05) is 6.92 Å². The Morgan fingerprint density at radius 1 is 1.00 bits per heavy atom. The number of carboxylic acid groups (broad SMARTS) is 1. The summed E-state index contributed by atoms with van der Waals surface area (Å²) < 4.78 is 11.0. The molecule has 29 heavy (non-hydrogen) atoms. The molecule has 0 aliphatic rings. The van der Waals surface area contributed by atoms with E-state index in [0.29, 0.717) is 35.0 Å². The fourth-order valence-corrected chi connectivity index (χ4v) is 2.83. The van der Waals surface area contributed by atoms with Gasteiger partial charge in [-0.2, -0.15) is 0 Å². The van der Waals surface area contributed by atoms with Crippen LogP contribution in [0.5, 0.6) is 11.5 Å². The van der Waals surface area contributed by atoms with E-state index < -0.39 is 5.97 Å². The molecule has 0 fully saturated rings. The standard InChI is InChI=1S/C22H20N2O5/c1-3-29-20-13-18(10-11-19(20)28-2)24(21(25)16-5-4-12-23-14-16)17-8-6-15(7-9-17)22(26)27/h4-14H,3H2,1-2H3,(H,26,27). The number of carbonyl (C=O) groups excluding carboxylic acids is 1. The molecule has 3 rings (SSSR count). The van der Waals surface area contributed by atoms with Crippen molar-refractivity contribution in [3.63, 3.8) is 0 Å². The zero-order valence-corrected chi connectivity index (χ0v) is 16.0. The van der Waals surface area contributed by atoms with Gasteiger partial charge in [0.25, 0.3) is 5.91 Å². The minimum atomic E-state index is -1.04. The van der Waals surface area contributed by atoms with Crippen LogP contribution >= 0.6 is 0 Å². The quantitative estimate of drug-likeness (QED) is 0.649. The second kappa shape index (κ2) is 8.88. The van der Waals surface area contributed by atoms with Crippen molar-refractivity contribution >= 4 is 23.3 Å². The first-order valence-electron chi connectivity index (χ1n) is 8.93. The topological polar surface area (TPSA) is 89.0 Å². The Labute approximate surface area is 168 Å². The van der Waals surface area contributed by atoms with E-state index in [4.69, 9.17) is 14.6 Å². The molecular weight excluding hydrogens is 372 g/mol. The number of rotatable bonds is 7. The maximum atomic E-state index is 13.3. The Hall–Kier alpha value is -3.87. The number of amides is 1. The lowest BCUT2D eigenvalue weighted by atomic mass is 10.1. The van der Waals surface area contributed by atoms with E-state index in [-0.39, 0.29) is 11.5 Å². The number of aromatic nitrogens is 1. The van der Waals surface area contributed by atoms with Gasteiger partial charge in [0, 0.05) is 24.1 Å². The second-order valence-electron chi connectivity index (χ2n) is 6.00. The number of pyridine rings is 1. The molecule has 0 radical (unpaired) electrons. The van der Waals surface area contributed by atoms with Gasteiger partial charge in [-0.15, -0.1) is 0 Å². The maximum Gasteiger partial charge on any atom is 0.335 e. The third-order valence-electron chi connectivity index (χ3n) is 4.19. The van der Waals surface area contributed by atoms with E-state index >= 15 is 0 Å². The minimum absolute atomic E-state index is 0.132. The summed E-state index contributed by atoms with van der Waals surface area (Å²) in [5, 5.41) is 9.15. The fraction of sp³-hybridized carbons (Fsp3) is 0.136. The Morgan fingerprint density at radius 3 is 2.31 bits per heavy atom. The van der Waals surface area contributed by atoms with Gasteiger partial charge in [-0.25, -0.2) is 4.79 Å². The number of ether oxygens (including phenoxy) is 2. The van der Waals surface area contributed by atoms with E-state index in [2.05, 4.69) is 4.98 Å². The van der Waals surface area contributed by atoms with Crippen molar-refractivity contribution < 1.29 is 24.2 Å². The van der Waals surface area contributed by atoms with Gasteiger partial charge >= 0.3 is 5.97 Å². The molecule has 0 saturated carbocycles. The van der Waals surface area contributed by atoms with Gasteiger partial charge in [-0.05, 0) is 55.5 Å². The van der Waals surface area contributed by atoms with Crippen LogP contribution in [0.25, 0.3) is 0 Å². The summed E-state index contributed by atoms with van der Waals surface area (Å²) in [6.07, 6.45) is 3.07. The van der Waals surface area contributed by atoms with Crippen molar-refractivity contribution in [2.45, 2.75) is 6.92 Å². The smallest absolute Gasteiger partial charge is 0.335 e. The molecule has 0 unspecified atom stereocenters. The lowest BCUT2D eigenvalue weighted by molar-refractivity contribution is 0.0696. The van der Waals surface area contributed by atoms with Gasteiger partial charge in [0.1, 0.15) is 0 Å². The number of hydrogen-bond donors (Lipinski definition) is 1. The van der Waals surface area contributed by atoms with E-state index in [0.717, 1.165) is 0 Å². The molecule has 0 spiro atoms. The second-order valence-corrected chi connectivity index (χ2v) is 6.00. The van der Waals surface area contributed by atoms with Crippen LogP contribution in [-0.2, 0) is 0 Å². The molecule has 7 nitrogen and oxygen atoms in total. The van der Waals surface area contributed by atoms with Gasteiger partial charge in [0.2, 0.25) is 0 Å². The summed E-state index contributed by atoms with van der Waals surface area (Å²) in [4.78, 5) is 30.0. The highest BCUT2D eigenvalue weighted by Crippen LogP contribution is 2.35. The van der Waals surface area contributed by atoms with Gasteiger partial charge in [0.15, 0.2) is 11.5 Å². The lowest BCUT2D eigenvalue weighted by Gasteiger charge is -2.24. The average molecular weight is 392 g/mol. The van der Waals surface area contributed by atoms with Gasteiger partial charge in [0.05, 0.1) is 30.5 Å². The Bertz CT molecular complexity index is 1000. The monoisotopic (exact) mass is 392 g/mol. The fourth-order valence-electron chi connectivity index (χ4n) is 2.83. The summed E-state index contributed by atoms with van der Waals surface area (Å²) in [7, 11) is 1.54. The van der Waals surface area contributed by atoms with Crippen LogP contribution in [0.2, 0.25) is 0 Å². The molecule has 3 aromatic rings. The number of carboxylic acids is 1. The number of carbonyl (C=O) groups is 2. The highest BCUT2D eigenvalue weighted by Gasteiger charge is 2.22. The zero-order chi connectivity index (χ0) is 20.8. The van der Waals surface area contributed by atoms with Crippen LogP contribution in [0.3, 0.4) is 0 Å². The highest BCUT2D eigenvalue weighted by molar-refractivity contribution is 6.11. The predicted molar refractivity (Wildman–Crippen MR) is 108 cm³/mol. The molecule has 7 heteroatoms. The lowest BCUT2D eigenvalue weighted by Crippen LogP contribution is -2.26. The number of benzene rings is 2. The molecule has 1 N–H and O–H groups in total. The molecule has 2 aromatic carbocycles. The highest BCUT2D eigenvalue weighted by atomic mass is 16.5. The van der Waals surface area contributed by atoms with E-state index in [1.165, 1.54) is 23.2 Å². The average Bonchev–Trinajstić information content (AvgIpc) is 2.75. The first-order valence-corrected chi connectivity index (χ1v) is 8.93. The van der Waals surface area contributed by atoms with Crippen molar-refractivity contribution in [3.8, 4) is 11.5 Å². The third kappa shape index (κ3) is 4.35. The summed E-state index contributed by atoms with van der Waals surface area (Å²) in [6, 6.07) is 14.6. The molecular formula is C22H20N2O5. The van der Waals surface area contributed by atoms with Crippen LogP contribution in [0.1, 0.15) is 27.6 Å². The van der Waals surface area contributed by atoms with Crippen molar-refractivity contribution in [2.24, 2.45) is 0 Å². The van der Waals surface area contributed by atoms with Crippen LogP contribution in [0.4, 0.5) is 11.4 Å². The summed E-state index contributed by atoms with van der Waals surface area (Å²) in [5.74, 6) is -0.303. The van der Waals surface area contributed by atoms with Crippen molar-refractivity contribution in [1.29, 1.82) is 0 Å². The Morgan fingerprint density at radius 2 is 1.72 bits per heavy atom. The summed E-state index contributed by atoms with van der Waals surface area (Å²) in [6.45, 7) is 2.29. The molecule has 1 aromatic heterocycles. The van der Waals surface area contributed by atoms with Gasteiger partial charge in [-0.3, -0.25) is 14.7 Å². The van der Waals surface area contributed by atoms with Crippen LogP contribution in [0.15, 0.2) is 67.0 Å². The Balaban J connectivity index is 2.11. The molecule has 0 aliphatic carbocycles. The molecule has 1 heterocycles. The van der Waals surface area contributed by atoms with Crippen molar-refractivity contribution in [2.75, 3.05) is 18.6 Å². The molecule has 0 bridgehead atoms. The van der Waals surface area contributed by atoms with Gasteiger partial charge in [-0.1, -0.05) is 0 Å². The zero-order valence-electron chi connectivity index (χ0n) is 16.0. The van der Waals surface area contributed by atoms with Crippen LogP contribution in [0, 0.1) is 0 Å². The molecule has 0 saturated heterocycles. The minimum Gasteiger partial charge on any atom is -0.493 e. The maximum absolute atomic E-state index is 13.3.